The van der Waals surface area contributed by atoms with E-state index in [1.807, 2.05) is 29.6 Å². The second-order valence-electron chi connectivity index (χ2n) is 5.36. The van der Waals surface area contributed by atoms with Crippen LogP contribution in [0.5, 0.6) is 0 Å². The number of hydrogen-bond donors (Lipinski definition) is 2. The molecule has 0 fully saturated rings. The quantitative estimate of drug-likeness (QED) is 0.636. The monoisotopic (exact) mass is 271 g/mol. The van der Waals surface area contributed by atoms with Crippen molar-refractivity contribution < 1.29 is 9.59 Å². The molecule has 0 spiro atoms. The molecule has 5 nitrogen and oxygen atoms in total. The van der Waals surface area contributed by atoms with Gasteiger partial charge in [-0.25, -0.2) is 4.79 Å². The van der Waals surface area contributed by atoms with Gasteiger partial charge in [0.2, 0.25) is 0 Å². The number of benzene rings is 1. The summed E-state index contributed by atoms with van der Waals surface area (Å²) in [7, 11) is 0. The summed E-state index contributed by atoms with van der Waals surface area (Å²) < 4.78 is 0. The molecule has 0 aliphatic heterocycles. The van der Waals surface area contributed by atoms with Gasteiger partial charge in [0.25, 0.3) is 5.91 Å². The number of primary amides is 1. The molecule has 20 heavy (non-hydrogen) atoms. The van der Waals surface area contributed by atoms with Crippen molar-refractivity contribution in [3.63, 3.8) is 0 Å². The van der Waals surface area contributed by atoms with Crippen LogP contribution in [0.3, 0.4) is 0 Å². The maximum atomic E-state index is 11.5. The summed E-state index contributed by atoms with van der Waals surface area (Å²) in [6.07, 6.45) is 1.41. The Bertz CT molecular complexity index is 587. The van der Waals surface area contributed by atoms with Crippen molar-refractivity contribution in [1.29, 1.82) is 5.26 Å². The Hall–Kier alpha value is -2.61. The van der Waals surface area contributed by atoms with Crippen LogP contribution in [0, 0.1) is 11.3 Å². The molecule has 0 aromatic heterocycles. The third-order valence-corrected chi connectivity index (χ3v) is 2.69. The third kappa shape index (κ3) is 4.25. The van der Waals surface area contributed by atoms with Gasteiger partial charge in [0.15, 0.2) is 0 Å². The molecule has 1 aromatic carbocycles. The van der Waals surface area contributed by atoms with E-state index in [0.717, 1.165) is 5.56 Å². The van der Waals surface area contributed by atoms with Gasteiger partial charge in [-0.1, -0.05) is 45.0 Å². The largest absolute Gasteiger partial charge is 0.351 e. The first-order valence-corrected chi connectivity index (χ1v) is 6.07. The Morgan fingerprint density at radius 3 is 2.20 bits per heavy atom. The van der Waals surface area contributed by atoms with Crippen molar-refractivity contribution >= 4 is 18.0 Å². The maximum Gasteiger partial charge on any atom is 0.319 e. The molecule has 0 radical (unpaired) electrons. The summed E-state index contributed by atoms with van der Waals surface area (Å²) in [5.74, 6) is -0.806. The second-order valence-corrected chi connectivity index (χ2v) is 5.36. The molecular weight excluding hydrogens is 254 g/mol. The molecule has 0 aliphatic carbocycles. The van der Waals surface area contributed by atoms with Gasteiger partial charge in [0.1, 0.15) is 11.6 Å². The first-order valence-electron chi connectivity index (χ1n) is 6.07. The summed E-state index contributed by atoms with van der Waals surface area (Å²) in [4.78, 5) is 22.1. The summed E-state index contributed by atoms with van der Waals surface area (Å²) in [6, 6.07) is 8.26. The molecule has 0 heterocycles. The molecule has 0 saturated carbocycles. The number of rotatable bonds is 2. The Kier molecular flexibility index (Phi) is 4.65. The first-order chi connectivity index (χ1) is 9.24. The number of nitriles is 1. The summed E-state index contributed by atoms with van der Waals surface area (Å²) in [5.41, 5.74) is 6.55. The van der Waals surface area contributed by atoms with Gasteiger partial charge in [-0.2, -0.15) is 5.26 Å². The topological polar surface area (TPSA) is 96.0 Å². The SMILES string of the molecule is CC(C)(C)c1ccc(/C=C(/C#N)C(=O)NC(N)=O)cc1. The van der Waals surface area contributed by atoms with Gasteiger partial charge in [-0.05, 0) is 22.6 Å². The second kappa shape index (κ2) is 6.02. The van der Waals surface area contributed by atoms with E-state index < -0.39 is 11.9 Å². The van der Waals surface area contributed by atoms with Gasteiger partial charge in [-0.3, -0.25) is 10.1 Å². The number of imide groups is 1. The van der Waals surface area contributed by atoms with E-state index in [-0.39, 0.29) is 11.0 Å². The average Bonchev–Trinajstić information content (AvgIpc) is 2.34. The van der Waals surface area contributed by atoms with E-state index in [0.29, 0.717) is 5.56 Å². The third-order valence-electron chi connectivity index (χ3n) is 2.69. The van der Waals surface area contributed by atoms with E-state index >= 15 is 0 Å². The van der Waals surface area contributed by atoms with Crippen LogP contribution in [0.2, 0.25) is 0 Å². The number of nitrogens with two attached hydrogens (primary N) is 1. The molecule has 5 heteroatoms. The zero-order valence-electron chi connectivity index (χ0n) is 11.7. The highest BCUT2D eigenvalue weighted by molar-refractivity contribution is 6.08. The highest BCUT2D eigenvalue weighted by Crippen LogP contribution is 2.22. The average molecular weight is 271 g/mol. The van der Waals surface area contributed by atoms with Crippen LogP contribution < -0.4 is 11.1 Å². The summed E-state index contributed by atoms with van der Waals surface area (Å²) in [5, 5.41) is 10.8. The lowest BCUT2D eigenvalue weighted by Crippen LogP contribution is -2.35. The van der Waals surface area contributed by atoms with E-state index in [1.165, 1.54) is 6.08 Å². The van der Waals surface area contributed by atoms with Crippen LogP contribution in [0.4, 0.5) is 4.79 Å². The summed E-state index contributed by atoms with van der Waals surface area (Å²) >= 11 is 0. The number of amides is 3. The Labute approximate surface area is 118 Å². The molecule has 0 unspecified atom stereocenters. The van der Waals surface area contributed by atoms with Crippen LogP contribution >= 0.6 is 0 Å². The molecule has 0 bridgehead atoms. The number of carbonyl (C=O) groups is 2. The summed E-state index contributed by atoms with van der Waals surface area (Å²) in [6.45, 7) is 6.29. The molecule has 1 aromatic rings. The fourth-order valence-electron chi connectivity index (χ4n) is 1.57. The lowest BCUT2D eigenvalue weighted by atomic mass is 9.86. The predicted octanol–water partition coefficient (Wildman–Crippen LogP) is 2.09. The van der Waals surface area contributed by atoms with Crippen LogP contribution in [-0.2, 0) is 10.2 Å². The van der Waals surface area contributed by atoms with Crippen molar-refractivity contribution in [2.24, 2.45) is 5.73 Å². The van der Waals surface area contributed by atoms with Crippen LogP contribution in [0.15, 0.2) is 29.8 Å². The Morgan fingerprint density at radius 1 is 1.25 bits per heavy atom. The van der Waals surface area contributed by atoms with Gasteiger partial charge in [0, 0.05) is 0 Å². The van der Waals surface area contributed by atoms with Gasteiger partial charge >= 0.3 is 6.03 Å². The fraction of sp³-hybridized carbons (Fsp3) is 0.267. The van der Waals surface area contributed by atoms with Crippen molar-refractivity contribution in [2.45, 2.75) is 26.2 Å². The zero-order chi connectivity index (χ0) is 15.3. The highest BCUT2D eigenvalue weighted by atomic mass is 16.2. The van der Waals surface area contributed by atoms with Crippen LogP contribution in [-0.4, -0.2) is 11.9 Å². The molecule has 0 saturated heterocycles. The minimum Gasteiger partial charge on any atom is -0.351 e. The van der Waals surface area contributed by atoms with Gasteiger partial charge in [-0.15, -0.1) is 0 Å². The number of nitrogens with one attached hydrogen (secondary N) is 1. The highest BCUT2D eigenvalue weighted by Gasteiger charge is 2.13. The molecule has 1 rings (SSSR count). The standard InChI is InChI=1S/C15H17N3O2/c1-15(2,3)12-6-4-10(5-7-12)8-11(9-16)13(19)18-14(17)20/h4-8H,1-3H3,(H3,17,18,19,20)/b11-8-. The van der Waals surface area contributed by atoms with Gasteiger partial charge in [0.05, 0.1) is 0 Å². The Balaban J connectivity index is 3.00. The van der Waals surface area contributed by atoms with E-state index in [9.17, 15) is 9.59 Å². The number of nitrogens with zero attached hydrogens (tertiary/aromatic N) is 1. The first kappa shape index (κ1) is 15.4. The number of hydrogen-bond acceptors (Lipinski definition) is 3. The van der Waals surface area contributed by atoms with Crippen molar-refractivity contribution in [1.82, 2.24) is 5.32 Å². The van der Waals surface area contributed by atoms with Crippen molar-refractivity contribution in [3.05, 3.63) is 41.0 Å². The van der Waals surface area contributed by atoms with Crippen LogP contribution in [0.1, 0.15) is 31.9 Å². The molecule has 104 valence electrons. The molecule has 3 amide bonds. The number of urea groups is 1. The van der Waals surface area contributed by atoms with Crippen LogP contribution in [0.25, 0.3) is 6.08 Å². The van der Waals surface area contributed by atoms with Gasteiger partial charge < -0.3 is 5.73 Å². The van der Waals surface area contributed by atoms with Crippen molar-refractivity contribution in [3.8, 4) is 6.07 Å². The minimum absolute atomic E-state index is 0.0314. The molecule has 0 aliphatic rings. The molecule has 0 atom stereocenters. The van der Waals surface area contributed by atoms with E-state index in [4.69, 9.17) is 11.0 Å². The normalized spacial score (nSPS) is 11.6. The molecule has 3 N–H and O–H groups in total. The fourth-order valence-corrected chi connectivity index (χ4v) is 1.57. The Morgan fingerprint density at radius 2 is 1.80 bits per heavy atom. The maximum absolute atomic E-state index is 11.5. The molecular formula is C15H17N3O2. The van der Waals surface area contributed by atoms with E-state index in [2.05, 4.69) is 20.8 Å². The lowest BCUT2D eigenvalue weighted by molar-refractivity contribution is -0.115. The van der Waals surface area contributed by atoms with Crippen molar-refractivity contribution in [2.75, 3.05) is 0 Å². The van der Waals surface area contributed by atoms with E-state index in [1.54, 1.807) is 6.07 Å². The predicted molar refractivity (Wildman–Crippen MR) is 76.5 cm³/mol. The lowest BCUT2D eigenvalue weighted by Gasteiger charge is -2.18. The zero-order valence-corrected chi connectivity index (χ0v) is 11.7. The smallest absolute Gasteiger partial charge is 0.319 e. The number of carbonyl (C=O) groups excluding carboxylic acids is 2. The minimum atomic E-state index is -0.987.